The Balaban J connectivity index is 1.89. The molecule has 0 saturated heterocycles. The number of ether oxygens (including phenoxy) is 3. The molecule has 0 aliphatic rings. The fourth-order valence-electron chi connectivity index (χ4n) is 2.72. The molecular formula is C22H28O4. The molecule has 0 fully saturated rings. The maximum absolute atomic E-state index is 11.1. The molecule has 0 unspecified atom stereocenters. The number of aldehydes is 1. The number of hydrogen-bond donors (Lipinski definition) is 0. The van der Waals surface area contributed by atoms with E-state index in [4.69, 9.17) is 14.2 Å². The maximum atomic E-state index is 11.1. The number of carbonyl (C=O) groups excluding carboxylic acids is 1. The van der Waals surface area contributed by atoms with Gasteiger partial charge in [0.1, 0.15) is 12.0 Å². The summed E-state index contributed by atoms with van der Waals surface area (Å²) in [7, 11) is 1.64. The van der Waals surface area contributed by atoms with Gasteiger partial charge < -0.3 is 19.0 Å². The van der Waals surface area contributed by atoms with Gasteiger partial charge in [0.25, 0.3) is 0 Å². The lowest BCUT2D eigenvalue weighted by molar-refractivity contribution is -0.117. The molecule has 0 radical (unpaired) electrons. The Bertz CT molecular complexity index is 650. The standard InChI is InChI=1S/C22H28O4/c1-22(2,17-25-15-18-7-5-4-6-8-18)21(13-14-23)26-16-19-9-11-20(24-3)12-10-19/h4-12,14,21H,13,15-17H2,1-3H3/t21-/m0/s1. The first-order chi connectivity index (χ1) is 12.5. The van der Waals surface area contributed by atoms with Crippen LogP contribution in [0.1, 0.15) is 31.4 Å². The van der Waals surface area contributed by atoms with Crippen LogP contribution in [0.2, 0.25) is 0 Å². The summed E-state index contributed by atoms with van der Waals surface area (Å²) in [4.78, 5) is 11.1. The van der Waals surface area contributed by atoms with Gasteiger partial charge in [-0.15, -0.1) is 0 Å². The van der Waals surface area contributed by atoms with Gasteiger partial charge in [-0.3, -0.25) is 0 Å². The number of carbonyl (C=O) groups is 1. The van der Waals surface area contributed by atoms with Crippen LogP contribution >= 0.6 is 0 Å². The van der Waals surface area contributed by atoms with E-state index in [0.29, 0.717) is 26.2 Å². The SMILES string of the molecule is COc1ccc(CO[C@@H](CC=O)C(C)(C)COCc2ccccc2)cc1. The molecule has 4 heteroatoms. The van der Waals surface area contributed by atoms with Crippen molar-refractivity contribution in [3.05, 3.63) is 65.7 Å². The Kier molecular flexibility index (Phi) is 7.82. The summed E-state index contributed by atoms with van der Waals surface area (Å²) in [6.45, 7) is 5.66. The fourth-order valence-corrected chi connectivity index (χ4v) is 2.72. The molecule has 0 bridgehead atoms. The molecule has 0 amide bonds. The van der Waals surface area contributed by atoms with Crippen molar-refractivity contribution in [2.45, 2.75) is 39.6 Å². The fraction of sp³-hybridized carbons (Fsp3) is 0.409. The molecule has 2 rings (SSSR count). The molecule has 0 N–H and O–H groups in total. The lowest BCUT2D eigenvalue weighted by Gasteiger charge is -2.33. The summed E-state index contributed by atoms with van der Waals surface area (Å²) in [6.07, 6.45) is 1.05. The molecule has 4 nitrogen and oxygen atoms in total. The third-order valence-corrected chi connectivity index (χ3v) is 4.38. The Morgan fingerprint density at radius 1 is 0.962 bits per heavy atom. The second-order valence-electron chi connectivity index (χ2n) is 7.02. The van der Waals surface area contributed by atoms with Crippen LogP contribution in [-0.4, -0.2) is 26.1 Å². The highest BCUT2D eigenvalue weighted by Crippen LogP contribution is 2.27. The third-order valence-electron chi connectivity index (χ3n) is 4.38. The molecule has 1 atom stereocenters. The van der Waals surface area contributed by atoms with Crippen LogP contribution in [0.4, 0.5) is 0 Å². The molecule has 0 spiro atoms. The molecular weight excluding hydrogens is 328 g/mol. The van der Waals surface area contributed by atoms with Crippen molar-refractivity contribution in [2.75, 3.05) is 13.7 Å². The third kappa shape index (κ3) is 6.28. The summed E-state index contributed by atoms with van der Waals surface area (Å²) in [5, 5.41) is 0. The average Bonchev–Trinajstić information content (AvgIpc) is 2.66. The predicted octanol–water partition coefficient (Wildman–Crippen LogP) is 4.41. The first-order valence-corrected chi connectivity index (χ1v) is 8.85. The van der Waals surface area contributed by atoms with Gasteiger partial charge in [-0.1, -0.05) is 56.3 Å². The van der Waals surface area contributed by atoms with Gasteiger partial charge in [0.15, 0.2) is 0 Å². The average molecular weight is 356 g/mol. The lowest BCUT2D eigenvalue weighted by Crippen LogP contribution is -2.36. The molecule has 0 aliphatic heterocycles. The zero-order chi connectivity index (χ0) is 18.8. The van der Waals surface area contributed by atoms with E-state index in [1.54, 1.807) is 7.11 Å². The zero-order valence-corrected chi connectivity index (χ0v) is 15.8. The molecule has 26 heavy (non-hydrogen) atoms. The highest BCUT2D eigenvalue weighted by molar-refractivity contribution is 5.50. The van der Waals surface area contributed by atoms with E-state index in [1.165, 1.54) is 0 Å². The predicted molar refractivity (Wildman–Crippen MR) is 102 cm³/mol. The van der Waals surface area contributed by atoms with E-state index >= 15 is 0 Å². The molecule has 0 saturated carbocycles. The van der Waals surface area contributed by atoms with Crippen LogP contribution in [-0.2, 0) is 27.5 Å². The summed E-state index contributed by atoms with van der Waals surface area (Å²) in [5.74, 6) is 0.813. The van der Waals surface area contributed by atoms with E-state index in [-0.39, 0.29) is 11.5 Å². The first-order valence-electron chi connectivity index (χ1n) is 8.85. The van der Waals surface area contributed by atoms with Crippen LogP contribution in [0.5, 0.6) is 5.75 Å². The van der Waals surface area contributed by atoms with E-state index in [0.717, 1.165) is 23.2 Å². The van der Waals surface area contributed by atoms with Crippen molar-refractivity contribution in [1.29, 1.82) is 0 Å². The van der Waals surface area contributed by atoms with Crippen LogP contribution < -0.4 is 4.74 Å². The van der Waals surface area contributed by atoms with Crippen molar-refractivity contribution in [3.63, 3.8) is 0 Å². The van der Waals surface area contributed by atoms with E-state index in [9.17, 15) is 4.79 Å². The molecule has 0 aliphatic carbocycles. The topological polar surface area (TPSA) is 44.8 Å². The minimum absolute atomic E-state index is 0.210. The van der Waals surface area contributed by atoms with Gasteiger partial charge in [-0.25, -0.2) is 0 Å². The molecule has 140 valence electrons. The quantitative estimate of drug-likeness (QED) is 0.559. The second kappa shape index (κ2) is 10.1. The van der Waals surface area contributed by atoms with E-state index in [1.807, 2.05) is 54.6 Å². The number of rotatable bonds is 11. The largest absolute Gasteiger partial charge is 0.497 e. The van der Waals surface area contributed by atoms with Gasteiger partial charge in [0, 0.05) is 11.8 Å². The summed E-state index contributed by atoms with van der Waals surface area (Å²) >= 11 is 0. The smallest absolute Gasteiger partial charge is 0.122 e. The minimum atomic E-state index is -0.276. The Morgan fingerprint density at radius 2 is 1.62 bits per heavy atom. The van der Waals surface area contributed by atoms with Gasteiger partial charge in [-0.05, 0) is 23.3 Å². The van der Waals surface area contributed by atoms with E-state index in [2.05, 4.69) is 13.8 Å². The molecule has 2 aromatic carbocycles. The monoisotopic (exact) mass is 356 g/mol. The molecule has 0 aromatic heterocycles. The van der Waals surface area contributed by atoms with Crippen LogP contribution in [0.25, 0.3) is 0 Å². The van der Waals surface area contributed by atoms with E-state index < -0.39 is 0 Å². The van der Waals surface area contributed by atoms with Crippen molar-refractivity contribution < 1.29 is 19.0 Å². The number of methoxy groups -OCH3 is 1. The van der Waals surface area contributed by atoms with Crippen molar-refractivity contribution in [1.82, 2.24) is 0 Å². The first kappa shape index (κ1) is 20.1. The van der Waals surface area contributed by atoms with Crippen molar-refractivity contribution in [2.24, 2.45) is 5.41 Å². The second-order valence-corrected chi connectivity index (χ2v) is 7.02. The van der Waals surface area contributed by atoms with Crippen LogP contribution in [0, 0.1) is 5.41 Å². The van der Waals surface area contributed by atoms with Gasteiger partial charge in [-0.2, -0.15) is 0 Å². The Hall–Kier alpha value is -2.17. The Morgan fingerprint density at radius 3 is 2.23 bits per heavy atom. The zero-order valence-electron chi connectivity index (χ0n) is 15.8. The minimum Gasteiger partial charge on any atom is -0.497 e. The van der Waals surface area contributed by atoms with Gasteiger partial charge in [0.05, 0.1) is 33.0 Å². The summed E-state index contributed by atoms with van der Waals surface area (Å²) in [5.41, 5.74) is 1.90. The lowest BCUT2D eigenvalue weighted by atomic mass is 9.85. The van der Waals surface area contributed by atoms with Gasteiger partial charge in [0.2, 0.25) is 0 Å². The maximum Gasteiger partial charge on any atom is 0.122 e. The molecule has 2 aromatic rings. The van der Waals surface area contributed by atoms with Crippen molar-refractivity contribution >= 4 is 6.29 Å². The van der Waals surface area contributed by atoms with Crippen molar-refractivity contribution in [3.8, 4) is 5.75 Å². The highest BCUT2D eigenvalue weighted by atomic mass is 16.5. The number of hydrogen-bond acceptors (Lipinski definition) is 4. The van der Waals surface area contributed by atoms with Crippen LogP contribution in [0.15, 0.2) is 54.6 Å². The normalized spacial score (nSPS) is 12.6. The Labute approximate surface area is 156 Å². The summed E-state index contributed by atoms with van der Waals surface area (Å²) < 4.78 is 17.1. The van der Waals surface area contributed by atoms with Gasteiger partial charge >= 0.3 is 0 Å². The van der Waals surface area contributed by atoms with Crippen LogP contribution in [0.3, 0.4) is 0 Å². The highest BCUT2D eigenvalue weighted by Gasteiger charge is 2.30. The molecule has 0 heterocycles. The summed E-state index contributed by atoms with van der Waals surface area (Å²) in [6, 6.07) is 17.8. The number of benzene rings is 2.